The summed E-state index contributed by atoms with van der Waals surface area (Å²) >= 11 is 0. The predicted molar refractivity (Wildman–Crippen MR) is 104 cm³/mol. The van der Waals surface area contributed by atoms with Crippen molar-refractivity contribution in [2.24, 2.45) is 0 Å². The zero-order valence-electron chi connectivity index (χ0n) is 14.5. The van der Waals surface area contributed by atoms with E-state index < -0.39 is 0 Å². The van der Waals surface area contributed by atoms with E-state index in [4.69, 9.17) is 0 Å². The van der Waals surface area contributed by atoms with Gasteiger partial charge in [-0.2, -0.15) is 0 Å². The van der Waals surface area contributed by atoms with Crippen molar-refractivity contribution in [3.8, 4) is 0 Å². The molecule has 122 valence electrons. The average molecular weight is 315 g/mol. The fourth-order valence-electron chi connectivity index (χ4n) is 3.07. The van der Waals surface area contributed by atoms with Crippen molar-refractivity contribution in [2.45, 2.75) is 33.2 Å². The molecular weight excluding hydrogens is 290 g/mol. The van der Waals surface area contributed by atoms with Gasteiger partial charge in [-0.05, 0) is 66.6 Å². The van der Waals surface area contributed by atoms with Crippen molar-refractivity contribution in [3.05, 3.63) is 101 Å². The van der Waals surface area contributed by atoms with Crippen LogP contribution in [0.5, 0.6) is 0 Å². The zero-order chi connectivity index (χ0) is 16.8. The van der Waals surface area contributed by atoms with Crippen molar-refractivity contribution in [1.82, 2.24) is 0 Å². The second-order valence-corrected chi connectivity index (χ2v) is 6.41. The van der Waals surface area contributed by atoms with Gasteiger partial charge in [0.05, 0.1) is 0 Å². The first-order valence-corrected chi connectivity index (χ1v) is 8.64. The normalized spacial score (nSPS) is 10.6. The van der Waals surface area contributed by atoms with Crippen molar-refractivity contribution in [2.75, 3.05) is 5.32 Å². The molecule has 0 saturated heterocycles. The van der Waals surface area contributed by atoms with Gasteiger partial charge in [-0.1, -0.05) is 60.7 Å². The summed E-state index contributed by atoms with van der Waals surface area (Å²) in [4.78, 5) is 0. The van der Waals surface area contributed by atoms with Gasteiger partial charge >= 0.3 is 0 Å². The zero-order valence-corrected chi connectivity index (χ0v) is 14.5. The molecule has 3 aromatic rings. The Bertz CT molecular complexity index is 707. The highest BCUT2D eigenvalue weighted by molar-refractivity contribution is 5.45. The van der Waals surface area contributed by atoms with Crippen LogP contribution in [-0.2, 0) is 19.4 Å². The number of para-hydroxylation sites is 1. The van der Waals surface area contributed by atoms with Crippen LogP contribution in [0.1, 0.15) is 27.8 Å². The van der Waals surface area contributed by atoms with Gasteiger partial charge in [-0.25, -0.2) is 0 Å². The van der Waals surface area contributed by atoms with Crippen LogP contribution in [-0.4, -0.2) is 0 Å². The van der Waals surface area contributed by atoms with Crippen molar-refractivity contribution < 1.29 is 0 Å². The molecule has 3 rings (SSSR count). The molecule has 3 aromatic carbocycles. The van der Waals surface area contributed by atoms with Crippen LogP contribution in [0.15, 0.2) is 72.8 Å². The molecule has 0 bridgehead atoms. The smallest absolute Gasteiger partial charge is 0.0403 e. The van der Waals surface area contributed by atoms with E-state index in [9.17, 15) is 0 Å². The Morgan fingerprint density at radius 2 is 1.25 bits per heavy atom. The minimum Gasteiger partial charge on any atom is -0.381 e. The third-order valence-electron chi connectivity index (χ3n) is 4.58. The first-order chi connectivity index (χ1) is 11.7. The Kier molecular flexibility index (Phi) is 5.32. The predicted octanol–water partition coefficient (Wildman–Crippen LogP) is 5.70. The number of hydrogen-bond donors (Lipinski definition) is 1. The number of hydrogen-bond acceptors (Lipinski definition) is 1. The summed E-state index contributed by atoms with van der Waals surface area (Å²) in [7, 11) is 0. The molecule has 0 aliphatic heterocycles. The van der Waals surface area contributed by atoms with Crippen LogP contribution >= 0.6 is 0 Å². The quantitative estimate of drug-likeness (QED) is 0.615. The van der Waals surface area contributed by atoms with Gasteiger partial charge in [0.15, 0.2) is 0 Å². The molecule has 1 heteroatoms. The lowest BCUT2D eigenvalue weighted by Crippen LogP contribution is -2.04. The summed E-state index contributed by atoms with van der Waals surface area (Å²) in [5, 5.41) is 3.51. The third-order valence-corrected chi connectivity index (χ3v) is 4.58. The number of benzene rings is 3. The molecule has 0 atom stereocenters. The van der Waals surface area contributed by atoms with Gasteiger partial charge in [-0.3, -0.25) is 0 Å². The third kappa shape index (κ3) is 4.26. The second kappa shape index (κ2) is 7.83. The largest absolute Gasteiger partial charge is 0.381 e. The summed E-state index contributed by atoms with van der Waals surface area (Å²) in [5.74, 6) is 0. The van der Waals surface area contributed by atoms with Gasteiger partial charge in [-0.15, -0.1) is 0 Å². The van der Waals surface area contributed by atoms with Gasteiger partial charge in [0.2, 0.25) is 0 Å². The maximum atomic E-state index is 3.51. The lowest BCUT2D eigenvalue weighted by Gasteiger charge is -2.14. The molecule has 0 radical (unpaired) electrons. The highest BCUT2D eigenvalue weighted by atomic mass is 14.9. The molecule has 0 heterocycles. The van der Waals surface area contributed by atoms with E-state index in [1.54, 1.807) is 0 Å². The monoisotopic (exact) mass is 315 g/mol. The fraction of sp³-hybridized carbons (Fsp3) is 0.217. The molecule has 24 heavy (non-hydrogen) atoms. The number of rotatable bonds is 6. The van der Waals surface area contributed by atoms with Gasteiger partial charge in [0.25, 0.3) is 0 Å². The molecule has 0 spiro atoms. The van der Waals surface area contributed by atoms with Crippen LogP contribution < -0.4 is 5.32 Å². The lowest BCUT2D eigenvalue weighted by molar-refractivity contribution is 0.941. The number of nitrogens with one attached hydrogen (secondary N) is 1. The Balaban J connectivity index is 1.67. The van der Waals surface area contributed by atoms with Crippen LogP contribution in [0.2, 0.25) is 0 Å². The van der Waals surface area contributed by atoms with E-state index in [2.05, 4.69) is 85.9 Å². The SMILES string of the molecule is Cc1cc(CNc2ccccc2)c(C)cc1CCc1ccccc1. The Morgan fingerprint density at radius 1 is 0.667 bits per heavy atom. The topological polar surface area (TPSA) is 12.0 Å². The average Bonchev–Trinajstić information content (AvgIpc) is 2.62. The van der Waals surface area contributed by atoms with E-state index in [0.29, 0.717) is 0 Å². The molecule has 1 nitrogen and oxygen atoms in total. The first kappa shape index (κ1) is 16.3. The molecule has 0 aliphatic rings. The molecule has 0 aromatic heterocycles. The van der Waals surface area contributed by atoms with E-state index in [1.165, 1.54) is 33.5 Å². The molecule has 1 N–H and O–H groups in total. The van der Waals surface area contributed by atoms with Gasteiger partial charge in [0, 0.05) is 12.2 Å². The maximum absolute atomic E-state index is 3.51. The highest BCUT2D eigenvalue weighted by Crippen LogP contribution is 2.19. The van der Waals surface area contributed by atoms with Gasteiger partial charge in [0.1, 0.15) is 0 Å². The molecule has 0 amide bonds. The fourth-order valence-corrected chi connectivity index (χ4v) is 3.07. The van der Waals surface area contributed by atoms with Crippen LogP contribution in [0.25, 0.3) is 0 Å². The Hall–Kier alpha value is -2.54. The molecule has 0 unspecified atom stereocenters. The number of anilines is 1. The van der Waals surface area contributed by atoms with E-state index >= 15 is 0 Å². The standard InChI is InChI=1S/C23H25N/c1-18-16-22(17-24-23-11-7-4-8-12-23)19(2)15-21(18)14-13-20-9-5-3-6-10-20/h3-12,15-16,24H,13-14,17H2,1-2H3. The van der Waals surface area contributed by atoms with Crippen molar-refractivity contribution in [1.29, 1.82) is 0 Å². The summed E-state index contributed by atoms with van der Waals surface area (Å²) in [6.07, 6.45) is 2.20. The van der Waals surface area contributed by atoms with Gasteiger partial charge < -0.3 is 5.32 Å². The molecule has 0 saturated carbocycles. The summed E-state index contributed by atoms with van der Waals surface area (Å²) in [6.45, 7) is 5.31. The van der Waals surface area contributed by atoms with Crippen LogP contribution in [0.3, 0.4) is 0 Å². The van der Waals surface area contributed by atoms with E-state index in [0.717, 1.165) is 19.4 Å². The molecular formula is C23H25N. The summed E-state index contributed by atoms with van der Waals surface area (Å²) in [5.41, 5.74) is 8.17. The van der Waals surface area contributed by atoms with E-state index in [1.807, 2.05) is 6.07 Å². The van der Waals surface area contributed by atoms with Crippen molar-refractivity contribution in [3.63, 3.8) is 0 Å². The second-order valence-electron chi connectivity index (χ2n) is 6.41. The summed E-state index contributed by atoms with van der Waals surface area (Å²) in [6, 6.07) is 25.8. The van der Waals surface area contributed by atoms with Crippen LogP contribution in [0, 0.1) is 13.8 Å². The molecule has 0 aliphatic carbocycles. The minimum absolute atomic E-state index is 0.871. The number of aryl methyl sites for hydroxylation is 4. The van der Waals surface area contributed by atoms with Crippen molar-refractivity contribution >= 4 is 5.69 Å². The Morgan fingerprint density at radius 3 is 1.96 bits per heavy atom. The minimum atomic E-state index is 0.871. The maximum Gasteiger partial charge on any atom is 0.0403 e. The first-order valence-electron chi connectivity index (χ1n) is 8.64. The molecule has 0 fully saturated rings. The summed E-state index contributed by atoms with van der Waals surface area (Å²) < 4.78 is 0. The van der Waals surface area contributed by atoms with Crippen LogP contribution in [0.4, 0.5) is 5.69 Å². The Labute approximate surface area is 145 Å². The highest BCUT2D eigenvalue weighted by Gasteiger charge is 2.05. The lowest BCUT2D eigenvalue weighted by atomic mass is 9.95. The van der Waals surface area contributed by atoms with E-state index in [-0.39, 0.29) is 0 Å².